The molecule has 14 nitrogen and oxygen atoms in total. The molecule has 14 heteroatoms. The Balaban J connectivity index is 1.14. The minimum absolute atomic E-state index is 0.105. The van der Waals surface area contributed by atoms with Gasteiger partial charge in [-0.3, -0.25) is 9.59 Å². The zero-order valence-corrected chi connectivity index (χ0v) is 35.1. The fourth-order valence-electron chi connectivity index (χ4n) is 12.8. The van der Waals surface area contributed by atoms with Crippen LogP contribution < -0.4 is 38.6 Å². The summed E-state index contributed by atoms with van der Waals surface area (Å²) in [6, 6.07) is 7.87. The number of esters is 2. The molecule has 2 aromatic rings. The van der Waals surface area contributed by atoms with Crippen LogP contribution in [0.5, 0.6) is 34.5 Å². The van der Waals surface area contributed by atoms with E-state index in [2.05, 4.69) is 14.1 Å². The summed E-state index contributed by atoms with van der Waals surface area (Å²) in [5, 5.41) is 27.5. The Labute approximate surface area is 340 Å². The summed E-state index contributed by atoms with van der Waals surface area (Å²) in [6.45, 7) is 3.87. The maximum absolute atomic E-state index is 13.7. The van der Waals surface area contributed by atoms with Gasteiger partial charge in [-0.1, -0.05) is 0 Å². The molecule has 5 fully saturated rings. The summed E-state index contributed by atoms with van der Waals surface area (Å²) in [6.07, 6.45) is 6.47. The van der Waals surface area contributed by atoms with Crippen LogP contribution in [0.15, 0.2) is 24.3 Å². The standard InChI is InChI=1S/C44H58N2O12/c1-25(47)57-39-35(53-5)15-27(16-36(39)54-6)23-45(3)31-9-10-32(45)20-29(19-31)43(41(49)50)13-14-44(43,42(51)52)30-21-33-11-12-34(22-30)46(33,4)24-28-17-37(55-7)40(58-26(2)48)38(18-28)56-8/h15-18,29-34H,9-14,19-24H2,1-8H3/t29?,30?,31-,32+,33-,34+,43?,44?,45?,46?. The van der Waals surface area contributed by atoms with Gasteiger partial charge in [-0.2, -0.15) is 0 Å². The minimum atomic E-state index is -1.52. The van der Waals surface area contributed by atoms with E-state index >= 15 is 0 Å². The predicted octanol–water partition coefficient (Wildman–Crippen LogP) is 3.31. The lowest BCUT2D eigenvalue weighted by molar-refractivity contribution is -0.963. The molecule has 10 atom stereocenters. The van der Waals surface area contributed by atoms with E-state index in [9.17, 15) is 29.4 Å². The van der Waals surface area contributed by atoms with Crippen molar-refractivity contribution < 1.29 is 66.8 Å². The normalized spacial score (nSPS) is 34.7. The molecule has 4 bridgehead atoms. The molecule has 1 aliphatic carbocycles. The number of ether oxygens (including phenoxy) is 6. The molecular weight excluding hydrogens is 748 g/mol. The molecule has 6 unspecified atom stereocenters. The third kappa shape index (κ3) is 6.36. The number of piperidine rings is 2. The topological polar surface area (TPSA) is 170 Å². The van der Waals surface area contributed by atoms with Gasteiger partial charge in [0.1, 0.15) is 13.1 Å². The first kappa shape index (κ1) is 41.6. The van der Waals surface area contributed by atoms with Gasteiger partial charge in [-0.05, 0) is 48.9 Å². The Bertz CT molecular complexity index is 1760. The summed E-state index contributed by atoms with van der Waals surface area (Å²) < 4.78 is 34.6. The lowest BCUT2D eigenvalue weighted by Crippen LogP contribution is -2.75. The second-order valence-corrected chi connectivity index (χ2v) is 18.0. The molecular formula is C44H58N2O12. The highest BCUT2D eigenvalue weighted by Gasteiger charge is 2.71. The number of benzene rings is 2. The lowest BCUT2D eigenvalue weighted by Gasteiger charge is -2.69. The van der Waals surface area contributed by atoms with Crippen molar-refractivity contribution in [1.29, 1.82) is 0 Å². The van der Waals surface area contributed by atoms with Crippen molar-refractivity contribution in [3.8, 4) is 34.5 Å². The fourth-order valence-corrected chi connectivity index (χ4v) is 12.8. The zero-order valence-electron chi connectivity index (χ0n) is 35.1. The number of aliphatic carboxylic acids is 2. The molecule has 58 heavy (non-hydrogen) atoms. The third-order valence-electron chi connectivity index (χ3n) is 15.6. The van der Waals surface area contributed by atoms with Crippen LogP contribution in [-0.4, -0.2) is 99.5 Å². The molecule has 1 saturated carbocycles. The quantitative estimate of drug-likeness (QED) is 0.155. The number of carbonyl (C=O) groups excluding carboxylic acids is 4. The first-order valence-electron chi connectivity index (χ1n) is 20.5. The lowest BCUT2D eigenvalue weighted by atomic mass is 9.38. The summed E-state index contributed by atoms with van der Waals surface area (Å²) >= 11 is 0. The van der Waals surface area contributed by atoms with Crippen LogP contribution in [0.1, 0.15) is 89.2 Å². The number of carboxylic acids is 2. The van der Waals surface area contributed by atoms with Gasteiger partial charge < -0.3 is 57.2 Å². The van der Waals surface area contributed by atoms with Crippen LogP contribution >= 0.6 is 0 Å². The Kier molecular flexibility index (Phi) is 10.9. The molecule has 0 N–H and O–H groups in total. The maximum Gasteiger partial charge on any atom is 0.308 e. The van der Waals surface area contributed by atoms with Crippen molar-refractivity contribution in [2.45, 2.75) is 115 Å². The van der Waals surface area contributed by atoms with Gasteiger partial charge in [0.15, 0.2) is 23.0 Å². The summed E-state index contributed by atoms with van der Waals surface area (Å²) in [5.74, 6) is -2.23. The number of carbonyl (C=O) groups is 4. The van der Waals surface area contributed by atoms with E-state index < -0.39 is 34.7 Å². The number of carboxylic acid groups (broad SMARTS) is 2. The van der Waals surface area contributed by atoms with Crippen molar-refractivity contribution >= 4 is 23.9 Å². The molecule has 2 aromatic carbocycles. The second kappa shape index (κ2) is 15.2. The van der Waals surface area contributed by atoms with Gasteiger partial charge in [-0.25, -0.2) is 0 Å². The van der Waals surface area contributed by atoms with E-state index in [0.29, 0.717) is 70.7 Å². The van der Waals surface area contributed by atoms with Crippen LogP contribution in [0.2, 0.25) is 0 Å². The van der Waals surface area contributed by atoms with Crippen LogP contribution in [0.4, 0.5) is 0 Å². The number of methoxy groups -OCH3 is 4. The molecule has 4 aliphatic heterocycles. The van der Waals surface area contributed by atoms with E-state index in [4.69, 9.17) is 28.4 Å². The third-order valence-corrected chi connectivity index (χ3v) is 15.6. The van der Waals surface area contributed by atoms with Crippen molar-refractivity contribution in [1.82, 2.24) is 0 Å². The molecule has 7 rings (SSSR count). The molecule has 316 valence electrons. The Hall–Kier alpha value is -4.56. The van der Waals surface area contributed by atoms with Crippen LogP contribution in [0, 0.1) is 22.7 Å². The van der Waals surface area contributed by atoms with E-state index in [1.54, 1.807) is 0 Å². The van der Waals surface area contributed by atoms with E-state index in [1.807, 2.05) is 24.3 Å². The minimum Gasteiger partial charge on any atom is -0.550 e. The average molecular weight is 807 g/mol. The Morgan fingerprint density at radius 3 is 1.05 bits per heavy atom. The van der Waals surface area contributed by atoms with Crippen LogP contribution in [0.25, 0.3) is 0 Å². The molecule has 0 spiro atoms. The second-order valence-electron chi connectivity index (χ2n) is 18.0. The highest BCUT2D eigenvalue weighted by Crippen LogP contribution is 2.70. The monoisotopic (exact) mass is 806 g/mol. The van der Waals surface area contributed by atoms with Gasteiger partial charge in [0, 0.05) is 99.1 Å². The van der Waals surface area contributed by atoms with E-state index in [0.717, 1.165) is 36.8 Å². The van der Waals surface area contributed by atoms with Crippen molar-refractivity contribution in [3.05, 3.63) is 35.4 Å². The Morgan fingerprint density at radius 2 is 0.845 bits per heavy atom. The number of nitrogens with zero attached hydrogens (tertiary/aromatic N) is 2. The summed E-state index contributed by atoms with van der Waals surface area (Å²) in [5.41, 5.74) is -1.18. The summed E-state index contributed by atoms with van der Waals surface area (Å²) in [7, 11) is 10.5. The summed E-state index contributed by atoms with van der Waals surface area (Å²) in [4.78, 5) is 51.1. The molecule has 0 aromatic heterocycles. The van der Waals surface area contributed by atoms with Gasteiger partial charge in [-0.15, -0.1) is 0 Å². The number of rotatable bonds is 14. The van der Waals surface area contributed by atoms with E-state index in [1.165, 1.54) is 42.3 Å². The van der Waals surface area contributed by atoms with Gasteiger partial charge in [0.05, 0.1) is 66.7 Å². The molecule has 4 saturated heterocycles. The first-order chi connectivity index (χ1) is 27.5. The number of hydrogen-bond donors (Lipinski definition) is 0. The van der Waals surface area contributed by atoms with Crippen molar-refractivity contribution in [2.24, 2.45) is 22.7 Å². The van der Waals surface area contributed by atoms with Gasteiger partial charge in [0.2, 0.25) is 11.5 Å². The number of fused-ring (bicyclic) bond motifs is 4. The predicted molar refractivity (Wildman–Crippen MR) is 205 cm³/mol. The number of quaternary nitrogens is 2. The SMILES string of the molecule is COc1cc(C[N+]2(C)[C@@H]3CC[C@H]2CC(C2(C(=O)[O-])CCC2(C(=O)[O-])C2C[C@H]4CC[C@@H](C2)[N+]4(C)Cc2cc(OC)c(OC(C)=O)c(OC)c2)C3)cc(OC)c1OC(C)=O. The molecule has 0 amide bonds. The smallest absolute Gasteiger partial charge is 0.308 e. The van der Waals surface area contributed by atoms with Crippen LogP contribution in [-0.2, 0) is 32.3 Å². The molecule has 5 aliphatic rings. The Morgan fingerprint density at radius 1 is 0.569 bits per heavy atom. The van der Waals surface area contributed by atoms with Gasteiger partial charge in [0.25, 0.3) is 0 Å². The fraction of sp³-hybridized carbons (Fsp3) is 0.636. The van der Waals surface area contributed by atoms with Gasteiger partial charge >= 0.3 is 11.9 Å². The highest BCUT2D eigenvalue weighted by atomic mass is 16.6. The first-order valence-corrected chi connectivity index (χ1v) is 20.5. The maximum atomic E-state index is 13.7. The average Bonchev–Trinajstić information content (AvgIpc) is 3.38. The van der Waals surface area contributed by atoms with Crippen LogP contribution in [0.3, 0.4) is 0 Å². The highest BCUT2D eigenvalue weighted by molar-refractivity contribution is 5.88. The van der Waals surface area contributed by atoms with E-state index in [-0.39, 0.29) is 60.3 Å². The molecule has 4 heterocycles. The van der Waals surface area contributed by atoms with Crippen molar-refractivity contribution in [3.63, 3.8) is 0 Å². The zero-order chi connectivity index (χ0) is 41.9. The number of hydrogen-bond acceptors (Lipinski definition) is 12. The van der Waals surface area contributed by atoms with Crippen molar-refractivity contribution in [2.75, 3.05) is 42.5 Å². The molecule has 0 radical (unpaired) electrons. The largest absolute Gasteiger partial charge is 0.550 e.